The number of benzene rings is 2. The predicted molar refractivity (Wildman–Crippen MR) is 105 cm³/mol. The second-order valence-electron chi connectivity index (χ2n) is 6.53. The number of likely N-dealkylation sites (N-methyl/N-ethyl adjacent to an activating group) is 1. The van der Waals surface area contributed by atoms with Crippen LogP contribution in [0, 0.1) is 13.8 Å². The summed E-state index contributed by atoms with van der Waals surface area (Å²) in [7, 11) is 1.58. The highest BCUT2D eigenvalue weighted by Gasteiger charge is 2.25. The van der Waals surface area contributed by atoms with Crippen LogP contribution in [0.2, 0.25) is 5.02 Å². The molecule has 0 saturated heterocycles. The quantitative estimate of drug-likeness (QED) is 0.841. The number of hydrogen-bond donors (Lipinski definition) is 1. The molecule has 1 N–H and O–H groups in total. The van der Waals surface area contributed by atoms with Crippen molar-refractivity contribution in [2.45, 2.75) is 39.8 Å². The zero-order valence-corrected chi connectivity index (χ0v) is 16.4. The molecule has 0 aliphatic rings. The smallest absolute Gasteiger partial charge is 0.242 e. The fraction of sp³-hybridized carbons (Fsp3) is 0.333. The number of aryl methyl sites for hydroxylation is 2. The van der Waals surface area contributed by atoms with Crippen molar-refractivity contribution >= 4 is 23.4 Å². The maximum Gasteiger partial charge on any atom is 0.242 e. The molecule has 0 fully saturated rings. The van der Waals surface area contributed by atoms with Crippen molar-refractivity contribution < 1.29 is 9.59 Å². The molecule has 2 aromatic rings. The minimum Gasteiger partial charge on any atom is -0.357 e. The predicted octanol–water partition coefficient (Wildman–Crippen LogP) is 3.66. The fourth-order valence-corrected chi connectivity index (χ4v) is 2.89. The van der Waals surface area contributed by atoms with Crippen molar-refractivity contribution in [3.05, 3.63) is 69.7 Å². The van der Waals surface area contributed by atoms with Crippen LogP contribution in [0.15, 0.2) is 42.5 Å². The zero-order valence-electron chi connectivity index (χ0n) is 15.7. The van der Waals surface area contributed by atoms with Gasteiger partial charge in [-0.25, -0.2) is 0 Å². The molecule has 4 nitrogen and oxygen atoms in total. The molecule has 0 bridgehead atoms. The summed E-state index contributed by atoms with van der Waals surface area (Å²) >= 11 is 5.94. The second-order valence-corrected chi connectivity index (χ2v) is 6.97. The average Bonchev–Trinajstić information content (AvgIpc) is 2.63. The number of hydrogen-bond acceptors (Lipinski definition) is 2. The van der Waals surface area contributed by atoms with Gasteiger partial charge in [-0.3, -0.25) is 9.59 Å². The summed E-state index contributed by atoms with van der Waals surface area (Å²) in [5, 5.41) is 3.26. The van der Waals surface area contributed by atoms with Crippen LogP contribution in [0.25, 0.3) is 0 Å². The molecule has 2 rings (SSSR count). The number of amides is 2. The van der Waals surface area contributed by atoms with Gasteiger partial charge in [0, 0.05) is 18.6 Å². The Morgan fingerprint density at radius 2 is 1.65 bits per heavy atom. The standard InChI is InChI=1S/C21H25ClN2O2/c1-14-5-6-18(11-15(14)2)12-20(25)24(16(3)21(26)23-4)13-17-7-9-19(22)10-8-17/h5-11,16H,12-13H2,1-4H3,(H,23,26). The summed E-state index contributed by atoms with van der Waals surface area (Å²) in [5.74, 6) is -0.272. The number of carbonyl (C=O) groups is 2. The maximum absolute atomic E-state index is 13.0. The first-order valence-electron chi connectivity index (χ1n) is 8.63. The Balaban J connectivity index is 2.23. The van der Waals surface area contributed by atoms with Gasteiger partial charge in [0.25, 0.3) is 0 Å². The Hall–Kier alpha value is -2.33. The molecule has 0 heterocycles. The van der Waals surface area contributed by atoms with Crippen LogP contribution in [0.4, 0.5) is 0 Å². The van der Waals surface area contributed by atoms with Crippen molar-refractivity contribution in [2.75, 3.05) is 7.05 Å². The highest BCUT2D eigenvalue weighted by atomic mass is 35.5. The van der Waals surface area contributed by atoms with Gasteiger partial charge in [0.2, 0.25) is 11.8 Å². The van der Waals surface area contributed by atoms with Gasteiger partial charge in [-0.2, -0.15) is 0 Å². The number of rotatable bonds is 6. The summed E-state index contributed by atoms with van der Waals surface area (Å²) in [6, 6.07) is 12.8. The first kappa shape index (κ1) is 20.0. The van der Waals surface area contributed by atoms with Crippen molar-refractivity contribution in [3.8, 4) is 0 Å². The van der Waals surface area contributed by atoms with Crippen molar-refractivity contribution in [1.29, 1.82) is 0 Å². The lowest BCUT2D eigenvalue weighted by atomic mass is 10.0. The third-order valence-electron chi connectivity index (χ3n) is 4.61. The van der Waals surface area contributed by atoms with E-state index in [0.717, 1.165) is 16.7 Å². The van der Waals surface area contributed by atoms with Gasteiger partial charge in [0.05, 0.1) is 6.42 Å². The molecule has 0 spiro atoms. The zero-order chi connectivity index (χ0) is 19.3. The van der Waals surface area contributed by atoms with E-state index in [2.05, 4.69) is 5.32 Å². The summed E-state index contributed by atoms with van der Waals surface area (Å²) in [4.78, 5) is 26.7. The van der Waals surface area contributed by atoms with Crippen LogP contribution in [0.5, 0.6) is 0 Å². The molecule has 26 heavy (non-hydrogen) atoms. The summed E-state index contributed by atoms with van der Waals surface area (Å²) in [6.07, 6.45) is 0.260. The third kappa shape index (κ3) is 5.09. The molecule has 0 aromatic heterocycles. The van der Waals surface area contributed by atoms with E-state index in [1.165, 1.54) is 5.56 Å². The number of nitrogens with one attached hydrogen (secondary N) is 1. The van der Waals surface area contributed by atoms with E-state index in [4.69, 9.17) is 11.6 Å². The minimum absolute atomic E-state index is 0.0840. The highest BCUT2D eigenvalue weighted by Crippen LogP contribution is 2.16. The molecule has 2 amide bonds. The molecule has 1 unspecified atom stereocenters. The lowest BCUT2D eigenvalue weighted by Gasteiger charge is -2.28. The van der Waals surface area contributed by atoms with Gasteiger partial charge in [-0.15, -0.1) is 0 Å². The Kier molecular flexibility index (Phi) is 6.81. The number of nitrogens with zero attached hydrogens (tertiary/aromatic N) is 1. The minimum atomic E-state index is -0.560. The van der Waals surface area contributed by atoms with Crippen molar-refractivity contribution in [2.24, 2.45) is 0 Å². The molecular weight excluding hydrogens is 348 g/mol. The lowest BCUT2D eigenvalue weighted by molar-refractivity contribution is -0.139. The normalized spacial score (nSPS) is 11.7. The van der Waals surface area contributed by atoms with E-state index in [-0.39, 0.29) is 18.2 Å². The van der Waals surface area contributed by atoms with Crippen LogP contribution in [-0.4, -0.2) is 29.8 Å². The van der Waals surface area contributed by atoms with Crippen LogP contribution >= 0.6 is 11.6 Å². The van der Waals surface area contributed by atoms with E-state index < -0.39 is 6.04 Å². The molecule has 5 heteroatoms. The van der Waals surface area contributed by atoms with Gasteiger partial charge >= 0.3 is 0 Å². The molecule has 1 atom stereocenters. The topological polar surface area (TPSA) is 49.4 Å². The fourth-order valence-electron chi connectivity index (χ4n) is 2.77. The van der Waals surface area contributed by atoms with Crippen LogP contribution in [0.3, 0.4) is 0 Å². The highest BCUT2D eigenvalue weighted by molar-refractivity contribution is 6.30. The second kappa shape index (κ2) is 8.86. The van der Waals surface area contributed by atoms with E-state index in [1.54, 1.807) is 31.0 Å². The van der Waals surface area contributed by atoms with Gasteiger partial charge in [-0.05, 0) is 55.2 Å². The first-order valence-corrected chi connectivity index (χ1v) is 9.01. The van der Waals surface area contributed by atoms with Gasteiger partial charge in [0.1, 0.15) is 6.04 Å². The Labute approximate surface area is 160 Å². The van der Waals surface area contributed by atoms with E-state index in [9.17, 15) is 9.59 Å². The molecular formula is C21H25ClN2O2. The largest absolute Gasteiger partial charge is 0.357 e. The molecule has 0 aliphatic heterocycles. The van der Waals surface area contributed by atoms with Crippen molar-refractivity contribution in [1.82, 2.24) is 10.2 Å². The summed E-state index contributed by atoms with van der Waals surface area (Å²) < 4.78 is 0. The number of halogens is 1. The Morgan fingerprint density at radius 3 is 2.23 bits per heavy atom. The SMILES string of the molecule is CNC(=O)C(C)N(Cc1ccc(Cl)cc1)C(=O)Cc1ccc(C)c(C)c1. The van der Waals surface area contributed by atoms with E-state index in [1.807, 2.05) is 44.2 Å². The molecule has 0 radical (unpaired) electrons. The average molecular weight is 373 g/mol. The van der Waals surface area contributed by atoms with Gasteiger partial charge < -0.3 is 10.2 Å². The maximum atomic E-state index is 13.0. The lowest BCUT2D eigenvalue weighted by Crippen LogP contribution is -2.47. The molecule has 0 saturated carbocycles. The molecule has 0 aliphatic carbocycles. The van der Waals surface area contributed by atoms with Crippen LogP contribution in [-0.2, 0) is 22.6 Å². The van der Waals surface area contributed by atoms with Crippen LogP contribution in [0.1, 0.15) is 29.2 Å². The van der Waals surface area contributed by atoms with Gasteiger partial charge in [0.15, 0.2) is 0 Å². The van der Waals surface area contributed by atoms with Crippen LogP contribution < -0.4 is 5.32 Å². The number of carbonyl (C=O) groups excluding carboxylic acids is 2. The monoisotopic (exact) mass is 372 g/mol. The third-order valence-corrected chi connectivity index (χ3v) is 4.86. The Bertz CT molecular complexity index is 787. The molecule has 2 aromatic carbocycles. The summed E-state index contributed by atoms with van der Waals surface area (Å²) in [6.45, 7) is 6.17. The summed E-state index contributed by atoms with van der Waals surface area (Å²) in [5.41, 5.74) is 4.22. The van der Waals surface area contributed by atoms with Gasteiger partial charge in [-0.1, -0.05) is 41.9 Å². The van der Waals surface area contributed by atoms with E-state index in [0.29, 0.717) is 11.6 Å². The van der Waals surface area contributed by atoms with Crippen molar-refractivity contribution in [3.63, 3.8) is 0 Å². The Morgan fingerprint density at radius 1 is 1.04 bits per heavy atom. The molecule has 138 valence electrons. The van der Waals surface area contributed by atoms with E-state index >= 15 is 0 Å². The first-order chi connectivity index (χ1) is 12.3.